The van der Waals surface area contributed by atoms with Crippen LogP contribution in [0.3, 0.4) is 0 Å². The number of ether oxygens (including phenoxy) is 1. The lowest BCUT2D eigenvalue weighted by molar-refractivity contribution is 0.0219. The van der Waals surface area contributed by atoms with Gasteiger partial charge in [-0.3, -0.25) is 0 Å². The lowest BCUT2D eigenvalue weighted by atomic mass is 9.89. The molecule has 1 heterocycles. The van der Waals surface area contributed by atoms with Crippen molar-refractivity contribution in [3.05, 3.63) is 22.3 Å². The smallest absolute Gasteiger partial charge is 0.342 e. The number of fused-ring (bicyclic) bond motifs is 1. The summed E-state index contributed by atoms with van der Waals surface area (Å²) in [4.78, 5) is 12.1. The van der Waals surface area contributed by atoms with Crippen LogP contribution in [0.25, 0.3) is 0 Å². The number of hydrogen-bond acceptors (Lipinski definition) is 5. The summed E-state index contributed by atoms with van der Waals surface area (Å²) in [5.74, 6) is -0.703. The summed E-state index contributed by atoms with van der Waals surface area (Å²) in [6.45, 7) is 5.04. The van der Waals surface area contributed by atoms with Gasteiger partial charge in [-0.05, 0) is 51.2 Å². The van der Waals surface area contributed by atoms with Gasteiger partial charge in [-0.15, -0.1) is 0 Å². The van der Waals surface area contributed by atoms with Gasteiger partial charge in [-0.2, -0.15) is 0 Å². The summed E-state index contributed by atoms with van der Waals surface area (Å²) in [7, 11) is 0. The van der Waals surface area contributed by atoms with Crippen LogP contribution in [0, 0.1) is 13.8 Å². The number of phenols is 2. The molecule has 1 aromatic rings. The van der Waals surface area contributed by atoms with Crippen molar-refractivity contribution in [2.75, 3.05) is 0 Å². The van der Waals surface area contributed by atoms with Gasteiger partial charge in [0.1, 0.15) is 23.2 Å². The van der Waals surface area contributed by atoms with Crippen LogP contribution < -0.4 is 0 Å². The second-order valence-electron chi connectivity index (χ2n) is 5.81. The summed E-state index contributed by atoms with van der Waals surface area (Å²) >= 11 is 0. The predicted octanol–water partition coefficient (Wildman–Crippen LogP) is 2.35. The standard InChI is InChI=1S/C16H22O5/c1-8(17)5-4-6-11-7-12-9(2)14(18)10(3)15(19)13(12)16(20)21-11/h8,11,17-19H,4-7H2,1-3H3/t8-,11+/m1/s1. The summed E-state index contributed by atoms with van der Waals surface area (Å²) in [6.07, 6.45) is 1.91. The predicted molar refractivity (Wildman–Crippen MR) is 77.7 cm³/mol. The molecule has 0 radical (unpaired) electrons. The molecule has 116 valence electrons. The Kier molecular flexibility index (Phi) is 4.42. The number of aliphatic hydroxyl groups is 1. The molecule has 3 N–H and O–H groups in total. The summed E-state index contributed by atoms with van der Waals surface area (Å²) in [6, 6.07) is 0. The average Bonchev–Trinajstić information content (AvgIpc) is 2.42. The van der Waals surface area contributed by atoms with Crippen molar-refractivity contribution in [1.29, 1.82) is 0 Å². The molecule has 0 aromatic heterocycles. The Balaban J connectivity index is 2.25. The molecule has 0 spiro atoms. The van der Waals surface area contributed by atoms with E-state index in [-0.39, 0.29) is 29.3 Å². The average molecular weight is 294 g/mol. The fourth-order valence-corrected chi connectivity index (χ4v) is 2.81. The molecule has 0 fully saturated rings. The van der Waals surface area contributed by atoms with Crippen LogP contribution in [0.1, 0.15) is 53.2 Å². The van der Waals surface area contributed by atoms with Crippen molar-refractivity contribution >= 4 is 5.97 Å². The number of aliphatic hydroxyl groups excluding tert-OH is 1. The van der Waals surface area contributed by atoms with Crippen molar-refractivity contribution in [3.63, 3.8) is 0 Å². The third kappa shape index (κ3) is 2.97. The lowest BCUT2D eigenvalue weighted by Crippen LogP contribution is -2.29. The number of phenolic OH excluding ortho intramolecular Hbond substituents is 2. The van der Waals surface area contributed by atoms with E-state index in [0.717, 1.165) is 6.42 Å². The van der Waals surface area contributed by atoms with Crippen LogP contribution in [0.15, 0.2) is 0 Å². The summed E-state index contributed by atoms with van der Waals surface area (Å²) < 4.78 is 5.36. The SMILES string of the molecule is Cc1c(O)c(C)c2c(c1O)C(=O)O[C@@H](CCC[C@@H](C)O)C2. The maximum absolute atomic E-state index is 12.1. The first kappa shape index (κ1) is 15.6. The summed E-state index contributed by atoms with van der Waals surface area (Å²) in [5, 5.41) is 29.3. The number of esters is 1. The van der Waals surface area contributed by atoms with E-state index in [1.165, 1.54) is 0 Å². The van der Waals surface area contributed by atoms with Gasteiger partial charge in [0.15, 0.2) is 0 Å². The van der Waals surface area contributed by atoms with Crippen LogP contribution in [0.2, 0.25) is 0 Å². The highest BCUT2D eigenvalue weighted by molar-refractivity contribution is 5.96. The van der Waals surface area contributed by atoms with Crippen molar-refractivity contribution in [1.82, 2.24) is 0 Å². The van der Waals surface area contributed by atoms with E-state index in [4.69, 9.17) is 4.74 Å². The normalized spacial score (nSPS) is 19.0. The van der Waals surface area contributed by atoms with Crippen LogP contribution in [-0.4, -0.2) is 33.5 Å². The van der Waals surface area contributed by atoms with E-state index in [1.807, 2.05) is 0 Å². The minimum atomic E-state index is -0.540. The Bertz CT molecular complexity index is 563. The Morgan fingerprint density at radius 2 is 1.90 bits per heavy atom. The third-order valence-electron chi connectivity index (χ3n) is 4.11. The number of hydrogen-bond donors (Lipinski definition) is 3. The highest BCUT2D eigenvalue weighted by Gasteiger charge is 2.32. The highest BCUT2D eigenvalue weighted by atomic mass is 16.5. The zero-order chi connectivity index (χ0) is 15.7. The molecule has 0 unspecified atom stereocenters. The molecule has 0 bridgehead atoms. The number of carbonyl (C=O) groups excluding carboxylic acids is 1. The molecule has 0 saturated carbocycles. The van der Waals surface area contributed by atoms with Gasteiger partial charge in [-0.25, -0.2) is 4.79 Å². The Labute approximate surface area is 124 Å². The molecule has 2 rings (SSSR count). The largest absolute Gasteiger partial charge is 0.507 e. The minimum Gasteiger partial charge on any atom is -0.507 e. The molecule has 5 heteroatoms. The van der Waals surface area contributed by atoms with Crippen LogP contribution in [-0.2, 0) is 11.2 Å². The Morgan fingerprint density at radius 1 is 1.24 bits per heavy atom. The number of aromatic hydroxyl groups is 2. The molecule has 0 aliphatic carbocycles. The maximum atomic E-state index is 12.1. The fourth-order valence-electron chi connectivity index (χ4n) is 2.81. The fraction of sp³-hybridized carbons (Fsp3) is 0.562. The van der Waals surface area contributed by atoms with Crippen LogP contribution in [0.5, 0.6) is 11.5 Å². The number of benzene rings is 1. The third-order valence-corrected chi connectivity index (χ3v) is 4.11. The highest BCUT2D eigenvalue weighted by Crippen LogP contribution is 2.40. The summed E-state index contributed by atoms with van der Waals surface area (Å²) in [5.41, 5.74) is 1.76. The molecular formula is C16H22O5. The first-order chi connectivity index (χ1) is 9.82. The van der Waals surface area contributed by atoms with Crippen molar-refractivity contribution in [2.45, 2.75) is 58.7 Å². The van der Waals surface area contributed by atoms with E-state index in [0.29, 0.717) is 36.0 Å². The zero-order valence-corrected chi connectivity index (χ0v) is 12.6. The Morgan fingerprint density at radius 3 is 2.52 bits per heavy atom. The van der Waals surface area contributed by atoms with Gasteiger partial charge >= 0.3 is 5.97 Å². The number of rotatable bonds is 4. The number of cyclic esters (lactones) is 1. The molecule has 5 nitrogen and oxygen atoms in total. The van der Waals surface area contributed by atoms with Gasteiger partial charge in [0, 0.05) is 12.0 Å². The quantitative estimate of drug-likeness (QED) is 0.742. The molecular weight excluding hydrogens is 272 g/mol. The first-order valence-electron chi connectivity index (χ1n) is 7.26. The van der Waals surface area contributed by atoms with Crippen LogP contribution in [0.4, 0.5) is 0 Å². The molecule has 21 heavy (non-hydrogen) atoms. The van der Waals surface area contributed by atoms with Crippen molar-refractivity contribution in [2.24, 2.45) is 0 Å². The molecule has 0 saturated heterocycles. The van der Waals surface area contributed by atoms with Gasteiger partial charge < -0.3 is 20.1 Å². The zero-order valence-electron chi connectivity index (χ0n) is 12.6. The minimum absolute atomic E-state index is 0.0312. The van der Waals surface area contributed by atoms with Gasteiger partial charge in [0.25, 0.3) is 0 Å². The van der Waals surface area contributed by atoms with E-state index in [1.54, 1.807) is 20.8 Å². The monoisotopic (exact) mass is 294 g/mol. The molecule has 0 amide bonds. The van der Waals surface area contributed by atoms with Gasteiger partial charge in [0.05, 0.1) is 6.10 Å². The van der Waals surface area contributed by atoms with Gasteiger partial charge in [-0.1, -0.05) is 0 Å². The maximum Gasteiger partial charge on any atom is 0.342 e. The molecule has 1 aliphatic rings. The molecule has 1 aromatic carbocycles. The molecule has 2 atom stereocenters. The first-order valence-corrected chi connectivity index (χ1v) is 7.26. The van der Waals surface area contributed by atoms with Crippen molar-refractivity contribution in [3.8, 4) is 11.5 Å². The second-order valence-corrected chi connectivity index (χ2v) is 5.81. The van der Waals surface area contributed by atoms with Crippen molar-refractivity contribution < 1.29 is 24.9 Å². The van der Waals surface area contributed by atoms with E-state index >= 15 is 0 Å². The van der Waals surface area contributed by atoms with E-state index in [9.17, 15) is 20.1 Å². The lowest BCUT2D eigenvalue weighted by Gasteiger charge is -2.27. The number of carbonyl (C=O) groups is 1. The second kappa shape index (κ2) is 5.93. The molecule has 1 aliphatic heterocycles. The topological polar surface area (TPSA) is 87.0 Å². The van der Waals surface area contributed by atoms with E-state index in [2.05, 4.69) is 0 Å². The Hall–Kier alpha value is -1.75. The van der Waals surface area contributed by atoms with Crippen LogP contribution >= 0.6 is 0 Å². The van der Waals surface area contributed by atoms with Gasteiger partial charge in [0.2, 0.25) is 0 Å². The van der Waals surface area contributed by atoms with E-state index < -0.39 is 5.97 Å².